The second kappa shape index (κ2) is 5.97. The van der Waals surface area contributed by atoms with E-state index in [0.717, 1.165) is 0 Å². The fourth-order valence-corrected chi connectivity index (χ4v) is 3.20. The van der Waals surface area contributed by atoms with Crippen LogP contribution in [0.4, 0.5) is 5.69 Å². The van der Waals surface area contributed by atoms with Crippen molar-refractivity contribution in [1.29, 1.82) is 0 Å². The Morgan fingerprint density at radius 2 is 1.90 bits per heavy atom. The van der Waals surface area contributed by atoms with Crippen molar-refractivity contribution in [3.63, 3.8) is 0 Å². The first-order valence-electron chi connectivity index (χ1n) is 5.63. The average Bonchev–Trinajstić information content (AvgIpc) is 2.30. The summed E-state index contributed by atoms with van der Waals surface area (Å²) in [7, 11) is -4.14. The van der Waals surface area contributed by atoms with Gasteiger partial charge < -0.3 is 5.11 Å². The van der Waals surface area contributed by atoms with Gasteiger partial charge in [0.25, 0.3) is 5.69 Å². The number of carbonyl (C=O) groups is 1. The average molecular weight is 302 g/mol. The van der Waals surface area contributed by atoms with Crippen molar-refractivity contribution >= 4 is 21.7 Å². The van der Waals surface area contributed by atoms with E-state index in [1.165, 1.54) is 26.0 Å². The lowest BCUT2D eigenvalue weighted by Crippen LogP contribution is -2.27. The van der Waals surface area contributed by atoms with Crippen LogP contribution in [0.25, 0.3) is 0 Å². The van der Waals surface area contributed by atoms with Crippen LogP contribution in [-0.4, -0.2) is 31.0 Å². The number of aliphatic carboxylic acids is 1. The van der Waals surface area contributed by atoms with E-state index in [2.05, 4.69) is 4.72 Å². The van der Waals surface area contributed by atoms with Gasteiger partial charge in [-0.2, -0.15) is 0 Å². The fourth-order valence-electron chi connectivity index (χ4n) is 1.70. The van der Waals surface area contributed by atoms with E-state index in [1.54, 1.807) is 0 Å². The molecule has 1 rings (SSSR count). The van der Waals surface area contributed by atoms with E-state index in [-0.39, 0.29) is 17.7 Å². The van der Waals surface area contributed by atoms with Crippen LogP contribution in [0.2, 0.25) is 0 Å². The molecular formula is C11H14N2O6S. The largest absolute Gasteiger partial charge is 0.481 e. The maximum Gasteiger partial charge on any atom is 0.304 e. The van der Waals surface area contributed by atoms with E-state index in [4.69, 9.17) is 5.11 Å². The minimum Gasteiger partial charge on any atom is -0.481 e. The van der Waals surface area contributed by atoms with Crippen molar-refractivity contribution in [2.45, 2.75) is 25.2 Å². The second-order valence-corrected chi connectivity index (χ2v) is 5.88. The molecule has 110 valence electrons. The van der Waals surface area contributed by atoms with Gasteiger partial charge in [-0.05, 0) is 19.4 Å². The number of aryl methyl sites for hydroxylation is 2. The van der Waals surface area contributed by atoms with Crippen molar-refractivity contribution in [1.82, 2.24) is 4.72 Å². The number of rotatable bonds is 6. The summed E-state index contributed by atoms with van der Waals surface area (Å²) in [4.78, 5) is 20.2. The highest BCUT2D eigenvalue weighted by Crippen LogP contribution is 2.30. The highest BCUT2D eigenvalue weighted by atomic mass is 32.2. The van der Waals surface area contributed by atoms with Gasteiger partial charge in [0, 0.05) is 12.1 Å². The van der Waals surface area contributed by atoms with Gasteiger partial charge in [0.15, 0.2) is 4.90 Å². The van der Waals surface area contributed by atoms with Crippen LogP contribution >= 0.6 is 0 Å². The lowest BCUT2D eigenvalue weighted by atomic mass is 10.1. The molecule has 0 aliphatic carbocycles. The number of carboxylic acid groups (broad SMARTS) is 1. The van der Waals surface area contributed by atoms with E-state index in [9.17, 15) is 23.3 Å². The normalized spacial score (nSPS) is 11.3. The first kappa shape index (κ1) is 16.1. The molecule has 2 N–H and O–H groups in total. The van der Waals surface area contributed by atoms with Crippen LogP contribution < -0.4 is 4.72 Å². The zero-order valence-corrected chi connectivity index (χ0v) is 11.7. The van der Waals surface area contributed by atoms with Crippen LogP contribution in [0.1, 0.15) is 17.5 Å². The number of carboxylic acids is 1. The van der Waals surface area contributed by atoms with E-state index in [1.807, 2.05) is 0 Å². The SMILES string of the molecule is Cc1ccc(C)c(S(=O)(=O)NCCC(=O)O)c1[N+](=O)[O-]. The smallest absolute Gasteiger partial charge is 0.304 e. The predicted molar refractivity (Wildman–Crippen MR) is 70.0 cm³/mol. The Bertz CT molecular complexity index is 653. The number of nitrogens with one attached hydrogen (secondary N) is 1. The maximum atomic E-state index is 12.1. The molecule has 0 aromatic heterocycles. The Morgan fingerprint density at radius 3 is 2.40 bits per heavy atom. The van der Waals surface area contributed by atoms with Gasteiger partial charge in [0.1, 0.15) is 0 Å². The third-order valence-electron chi connectivity index (χ3n) is 2.61. The van der Waals surface area contributed by atoms with Crippen molar-refractivity contribution in [3.8, 4) is 0 Å². The quantitative estimate of drug-likeness (QED) is 0.595. The number of hydrogen-bond acceptors (Lipinski definition) is 5. The monoisotopic (exact) mass is 302 g/mol. The Kier molecular flexibility index (Phi) is 4.79. The van der Waals surface area contributed by atoms with Crippen molar-refractivity contribution < 1.29 is 23.2 Å². The molecule has 0 spiro atoms. The van der Waals surface area contributed by atoms with Crippen LogP contribution in [0.5, 0.6) is 0 Å². The number of nitrogens with zero attached hydrogens (tertiary/aromatic N) is 1. The molecule has 0 saturated heterocycles. The van der Waals surface area contributed by atoms with Crippen LogP contribution in [0.3, 0.4) is 0 Å². The van der Waals surface area contributed by atoms with E-state index < -0.39 is 37.9 Å². The third kappa shape index (κ3) is 3.52. The molecule has 0 saturated carbocycles. The first-order valence-corrected chi connectivity index (χ1v) is 7.11. The molecule has 0 fully saturated rings. The summed E-state index contributed by atoms with van der Waals surface area (Å²) in [6, 6.07) is 2.93. The lowest BCUT2D eigenvalue weighted by molar-refractivity contribution is -0.388. The minimum absolute atomic E-state index is 0.221. The van der Waals surface area contributed by atoms with Gasteiger partial charge >= 0.3 is 5.97 Å². The van der Waals surface area contributed by atoms with Gasteiger partial charge in [-0.15, -0.1) is 0 Å². The van der Waals surface area contributed by atoms with Crippen molar-refractivity contribution in [3.05, 3.63) is 33.4 Å². The Hall–Kier alpha value is -2.00. The standard InChI is InChI=1S/C11H14N2O6S/c1-7-3-4-8(2)11(10(7)13(16)17)20(18,19)12-6-5-9(14)15/h3-4,12H,5-6H2,1-2H3,(H,14,15). The topological polar surface area (TPSA) is 127 Å². The summed E-state index contributed by atoms with van der Waals surface area (Å²) in [6.07, 6.45) is -0.405. The zero-order valence-electron chi connectivity index (χ0n) is 10.9. The first-order chi connectivity index (χ1) is 9.16. The third-order valence-corrected chi connectivity index (χ3v) is 4.25. The summed E-state index contributed by atoms with van der Waals surface area (Å²) in [5.74, 6) is -1.16. The molecule has 0 bridgehead atoms. The molecule has 0 aliphatic heterocycles. The highest BCUT2D eigenvalue weighted by Gasteiger charge is 2.29. The van der Waals surface area contributed by atoms with Gasteiger partial charge in [0.05, 0.1) is 11.3 Å². The number of sulfonamides is 1. The Balaban J connectivity index is 3.27. The zero-order chi connectivity index (χ0) is 15.5. The highest BCUT2D eigenvalue weighted by molar-refractivity contribution is 7.89. The van der Waals surface area contributed by atoms with Crippen LogP contribution in [0, 0.1) is 24.0 Å². The fraction of sp³-hybridized carbons (Fsp3) is 0.364. The van der Waals surface area contributed by atoms with Crippen LogP contribution in [-0.2, 0) is 14.8 Å². The minimum atomic E-state index is -4.14. The predicted octanol–water partition coefficient (Wildman–Crippen LogP) is 0.965. The molecule has 1 aromatic carbocycles. The van der Waals surface area contributed by atoms with Crippen molar-refractivity contribution in [2.75, 3.05) is 6.54 Å². The number of nitro groups is 1. The molecule has 0 amide bonds. The molecule has 0 aliphatic rings. The Labute approximate surface area is 115 Å². The van der Waals surface area contributed by atoms with Gasteiger partial charge in [-0.3, -0.25) is 14.9 Å². The molecule has 0 heterocycles. The number of nitro benzene ring substituents is 1. The molecule has 8 nitrogen and oxygen atoms in total. The molecule has 0 radical (unpaired) electrons. The molecule has 9 heteroatoms. The molecule has 0 unspecified atom stereocenters. The molecule has 20 heavy (non-hydrogen) atoms. The summed E-state index contributed by atoms with van der Waals surface area (Å²) in [6.45, 7) is 2.55. The Morgan fingerprint density at radius 1 is 1.35 bits per heavy atom. The van der Waals surface area contributed by atoms with Crippen LogP contribution in [0.15, 0.2) is 17.0 Å². The lowest BCUT2D eigenvalue weighted by Gasteiger charge is -2.10. The van der Waals surface area contributed by atoms with Gasteiger partial charge in [-0.1, -0.05) is 12.1 Å². The molecule has 1 aromatic rings. The summed E-state index contributed by atoms with van der Waals surface area (Å²) < 4.78 is 26.3. The van der Waals surface area contributed by atoms with E-state index >= 15 is 0 Å². The number of hydrogen-bond donors (Lipinski definition) is 2. The van der Waals surface area contributed by atoms with Gasteiger partial charge in [-0.25, -0.2) is 13.1 Å². The second-order valence-electron chi connectivity index (χ2n) is 4.18. The summed E-state index contributed by atoms with van der Waals surface area (Å²) in [5, 5.41) is 19.5. The van der Waals surface area contributed by atoms with Gasteiger partial charge in [0.2, 0.25) is 10.0 Å². The molecular weight excluding hydrogens is 288 g/mol. The van der Waals surface area contributed by atoms with Crippen molar-refractivity contribution in [2.24, 2.45) is 0 Å². The number of benzene rings is 1. The summed E-state index contributed by atoms with van der Waals surface area (Å²) >= 11 is 0. The molecule has 0 atom stereocenters. The van der Waals surface area contributed by atoms with E-state index in [0.29, 0.717) is 0 Å². The summed E-state index contributed by atoms with van der Waals surface area (Å²) in [5.41, 5.74) is -0.0443. The maximum absolute atomic E-state index is 12.1.